The second-order valence-electron chi connectivity index (χ2n) is 4.47. The van der Waals surface area contributed by atoms with Crippen LogP contribution in [0, 0.1) is 0 Å². The molecule has 0 atom stereocenters. The molecule has 0 heterocycles. The zero-order valence-corrected chi connectivity index (χ0v) is 10.9. The van der Waals surface area contributed by atoms with Gasteiger partial charge in [-0.2, -0.15) is 0 Å². The molecule has 2 aromatic rings. The monoisotopic (exact) mass is 262 g/mol. The predicted molar refractivity (Wildman–Crippen MR) is 73.1 cm³/mol. The van der Waals surface area contributed by atoms with E-state index in [0.717, 1.165) is 29.3 Å². The molecule has 1 aliphatic rings. The molecule has 0 radical (unpaired) electrons. The van der Waals surface area contributed by atoms with Crippen LogP contribution >= 0.6 is 23.2 Å². The highest BCUT2D eigenvalue weighted by Gasteiger charge is 2.15. The number of hydrogen-bond acceptors (Lipinski definition) is 0. The van der Waals surface area contributed by atoms with Gasteiger partial charge in [-0.1, -0.05) is 47.5 Å². The molecule has 0 unspecified atom stereocenters. The molecule has 17 heavy (non-hydrogen) atoms. The minimum atomic E-state index is 0.736. The SMILES string of the molecule is Clc1cc(Cl)c2c(c1)CCc1ccccc1C2. The van der Waals surface area contributed by atoms with E-state index in [9.17, 15) is 0 Å². The molecule has 0 amide bonds. The lowest BCUT2D eigenvalue weighted by atomic mass is 10.0. The number of fused-ring (bicyclic) bond motifs is 2. The van der Waals surface area contributed by atoms with Gasteiger partial charge in [0.2, 0.25) is 0 Å². The third-order valence-electron chi connectivity index (χ3n) is 3.40. The Morgan fingerprint density at radius 3 is 2.35 bits per heavy atom. The van der Waals surface area contributed by atoms with Gasteiger partial charge < -0.3 is 0 Å². The molecule has 2 heteroatoms. The van der Waals surface area contributed by atoms with Crippen LogP contribution < -0.4 is 0 Å². The van der Waals surface area contributed by atoms with Crippen LogP contribution in [0.3, 0.4) is 0 Å². The van der Waals surface area contributed by atoms with E-state index in [4.69, 9.17) is 23.2 Å². The van der Waals surface area contributed by atoms with E-state index in [2.05, 4.69) is 30.3 Å². The van der Waals surface area contributed by atoms with Crippen LogP contribution in [0.4, 0.5) is 0 Å². The summed E-state index contributed by atoms with van der Waals surface area (Å²) in [7, 11) is 0. The van der Waals surface area contributed by atoms with Gasteiger partial charge in [0.05, 0.1) is 0 Å². The molecule has 0 bridgehead atoms. The third-order valence-corrected chi connectivity index (χ3v) is 3.96. The Morgan fingerprint density at radius 1 is 0.824 bits per heavy atom. The Hall–Kier alpha value is -0.980. The van der Waals surface area contributed by atoms with Gasteiger partial charge in [-0.3, -0.25) is 0 Å². The van der Waals surface area contributed by atoms with Crippen LogP contribution in [0.1, 0.15) is 22.3 Å². The second-order valence-corrected chi connectivity index (χ2v) is 5.31. The van der Waals surface area contributed by atoms with Crippen LogP contribution in [0.2, 0.25) is 10.0 Å². The number of benzene rings is 2. The highest BCUT2D eigenvalue weighted by atomic mass is 35.5. The Labute approximate surface area is 111 Å². The van der Waals surface area contributed by atoms with Crippen molar-refractivity contribution in [2.24, 2.45) is 0 Å². The summed E-state index contributed by atoms with van der Waals surface area (Å²) in [6, 6.07) is 12.5. The Balaban J connectivity index is 2.14. The minimum Gasteiger partial charge on any atom is -0.0843 e. The van der Waals surface area contributed by atoms with Crippen molar-refractivity contribution in [3.8, 4) is 0 Å². The highest BCUT2D eigenvalue weighted by molar-refractivity contribution is 6.35. The molecular weight excluding hydrogens is 251 g/mol. The largest absolute Gasteiger partial charge is 0.0843 e. The van der Waals surface area contributed by atoms with Crippen molar-refractivity contribution < 1.29 is 0 Å². The number of rotatable bonds is 0. The van der Waals surface area contributed by atoms with Crippen molar-refractivity contribution >= 4 is 23.2 Å². The molecule has 0 saturated heterocycles. The molecule has 0 spiro atoms. The van der Waals surface area contributed by atoms with Crippen molar-refractivity contribution in [1.29, 1.82) is 0 Å². The molecule has 0 N–H and O–H groups in total. The lowest BCUT2D eigenvalue weighted by Crippen LogP contribution is -1.93. The molecular formula is C15H12Cl2. The molecule has 0 fully saturated rings. The molecule has 0 nitrogen and oxygen atoms in total. The Kier molecular flexibility index (Phi) is 2.85. The Bertz CT molecular complexity index is 573. The first-order valence-corrected chi connectivity index (χ1v) is 6.53. The van der Waals surface area contributed by atoms with Gasteiger partial charge >= 0.3 is 0 Å². The number of aryl methyl sites for hydroxylation is 2. The quantitative estimate of drug-likeness (QED) is 0.647. The maximum atomic E-state index is 6.30. The average molecular weight is 263 g/mol. The third kappa shape index (κ3) is 2.08. The highest BCUT2D eigenvalue weighted by Crippen LogP contribution is 2.31. The first-order valence-electron chi connectivity index (χ1n) is 5.77. The zero-order valence-electron chi connectivity index (χ0n) is 9.34. The molecule has 1 aliphatic carbocycles. The second kappa shape index (κ2) is 4.36. The molecule has 86 valence electrons. The predicted octanol–water partition coefficient (Wildman–Crippen LogP) is 4.68. The maximum absolute atomic E-state index is 6.30. The van der Waals surface area contributed by atoms with E-state index in [1.807, 2.05) is 6.07 Å². The summed E-state index contributed by atoms with van der Waals surface area (Å²) in [4.78, 5) is 0. The Morgan fingerprint density at radius 2 is 1.53 bits per heavy atom. The summed E-state index contributed by atoms with van der Waals surface area (Å²) in [5.74, 6) is 0. The van der Waals surface area contributed by atoms with Crippen LogP contribution in [0.5, 0.6) is 0 Å². The first-order chi connectivity index (χ1) is 8.24. The average Bonchev–Trinajstić information content (AvgIpc) is 2.49. The van der Waals surface area contributed by atoms with Crippen LogP contribution in [0.25, 0.3) is 0 Å². The van der Waals surface area contributed by atoms with E-state index in [1.54, 1.807) is 0 Å². The van der Waals surface area contributed by atoms with Gasteiger partial charge in [0.15, 0.2) is 0 Å². The molecule has 0 saturated carbocycles. The summed E-state index contributed by atoms with van der Waals surface area (Å²) in [5, 5.41) is 1.53. The minimum absolute atomic E-state index is 0.736. The summed E-state index contributed by atoms with van der Waals surface area (Å²) in [6.45, 7) is 0. The standard InChI is InChI=1S/C15H12Cl2/c16-13-7-12-6-5-10-3-1-2-4-11(10)8-14(12)15(17)9-13/h1-4,7,9H,5-6,8H2. The van der Waals surface area contributed by atoms with Gasteiger partial charge in [0.25, 0.3) is 0 Å². The van der Waals surface area contributed by atoms with Crippen molar-refractivity contribution in [2.75, 3.05) is 0 Å². The van der Waals surface area contributed by atoms with Crippen molar-refractivity contribution in [2.45, 2.75) is 19.3 Å². The van der Waals surface area contributed by atoms with E-state index >= 15 is 0 Å². The van der Waals surface area contributed by atoms with Crippen LogP contribution in [-0.4, -0.2) is 0 Å². The first kappa shape index (κ1) is 11.1. The topological polar surface area (TPSA) is 0 Å². The van der Waals surface area contributed by atoms with E-state index in [-0.39, 0.29) is 0 Å². The number of hydrogen-bond donors (Lipinski definition) is 0. The normalized spacial score (nSPS) is 13.8. The van der Waals surface area contributed by atoms with Crippen LogP contribution in [0.15, 0.2) is 36.4 Å². The summed E-state index contributed by atoms with van der Waals surface area (Å²) in [6.07, 6.45) is 3.01. The fourth-order valence-corrected chi connectivity index (χ4v) is 3.11. The summed E-state index contributed by atoms with van der Waals surface area (Å²) < 4.78 is 0. The summed E-state index contributed by atoms with van der Waals surface area (Å²) >= 11 is 12.4. The maximum Gasteiger partial charge on any atom is 0.0458 e. The lowest BCUT2D eigenvalue weighted by molar-refractivity contribution is 0.965. The summed E-state index contributed by atoms with van der Waals surface area (Å²) in [5.41, 5.74) is 5.34. The van der Waals surface area contributed by atoms with Crippen LogP contribution in [-0.2, 0) is 19.3 Å². The zero-order chi connectivity index (χ0) is 11.8. The smallest absolute Gasteiger partial charge is 0.0458 e. The molecule has 2 aromatic carbocycles. The van der Waals surface area contributed by atoms with Gasteiger partial charge in [-0.25, -0.2) is 0 Å². The van der Waals surface area contributed by atoms with Crippen molar-refractivity contribution in [3.05, 3.63) is 68.7 Å². The van der Waals surface area contributed by atoms with Gasteiger partial charge in [-0.05, 0) is 53.6 Å². The number of halogens is 2. The van der Waals surface area contributed by atoms with Gasteiger partial charge in [-0.15, -0.1) is 0 Å². The molecule has 0 aliphatic heterocycles. The lowest BCUT2D eigenvalue weighted by Gasteiger charge is -2.09. The van der Waals surface area contributed by atoms with E-state index in [0.29, 0.717) is 0 Å². The fraction of sp³-hybridized carbons (Fsp3) is 0.200. The fourth-order valence-electron chi connectivity index (χ4n) is 2.51. The van der Waals surface area contributed by atoms with E-state index < -0.39 is 0 Å². The van der Waals surface area contributed by atoms with E-state index in [1.165, 1.54) is 22.3 Å². The van der Waals surface area contributed by atoms with Gasteiger partial charge in [0.1, 0.15) is 0 Å². The molecule has 0 aromatic heterocycles. The van der Waals surface area contributed by atoms with Gasteiger partial charge in [0, 0.05) is 10.0 Å². The van der Waals surface area contributed by atoms with Crippen molar-refractivity contribution in [1.82, 2.24) is 0 Å². The molecule has 3 rings (SSSR count). The van der Waals surface area contributed by atoms with Crippen molar-refractivity contribution in [3.63, 3.8) is 0 Å².